The molecule has 0 heteroatoms. The highest BCUT2D eigenvalue weighted by atomic mass is 14.1. The Morgan fingerprint density at radius 2 is 0.864 bits per heavy atom. The van der Waals surface area contributed by atoms with Gasteiger partial charge in [0.05, 0.1) is 0 Å². The molecule has 22 heavy (non-hydrogen) atoms. The summed E-state index contributed by atoms with van der Waals surface area (Å²) in [6, 6.07) is 22.1. The quantitative estimate of drug-likeness (QED) is 0.522. The molecule has 0 atom stereocenters. The van der Waals surface area contributed by atoms with Crippen LogP contribution in [0.25, 0.3) is 22.3 Å². The van der Waals surface area contributed by atoms with Crippen molar-refractivity contribution < 1.29 is 0 Å². The van der Waals surface area contributed by atoms with Gasteiger partial charge in [-0.25, -0.2) is 0 Å². The molecule has 0 aliphatic heterocycles. The van der Waals surface area contributed by atoms with E-state index in [1.54, 1.807) is 0 Å². The summed E-state index contributed by atoms with van der Waals surface area (Å²) in [4.78, 5) is 0. The molecule has 0 radical (unpaired) electrons. The highest BCUT2D eigenvalue weighted by Gasteiger charge is 2.10. The molecule has 0 aromatic heterocycles. The lowest BCUT2D eigenvalue weighted by Gasteiger charge is -2.15. The average Bonchev–Trinajstić information content (AvgIpc) is 2.48. The third-order valence-electron chi connectivity index (χ3n) is 4.27. The van der Waals surface area contributed by atoms with E-state index < -0.39 is 0 Å². The van der Waals surface area contributed by atoms with Gasteiger partial charge in [0, 0.05) is 0 Å². The van der Waals surface area contributed by atoms with Crippen LogP contribution in [0, 0.1) is 27.7 Å². The second kappa shape index (κ2) is 5.81. The van der Waals surface area contributed by atoms with Crippen LogP contribution in [-0.4, -0.2) is 0 Å². The molecule has 0 fully saturated rings. The number of hydrogen-bond acceptors (Lipinski definition) is 0. The standard InChI is InChI=1S/C22H22/c1-15-9-11-19(17(3)13-15)21-7-5-6-8-22(21)20-12-10-16(2)14-18(20)4/h5-14H,1-4H3. The van der Waals surface area contributed by atoms with Crippen LogP contribution in [0.4, 0.5) is 0 Å². The Kier molecular flexibility index (Phi) is 3.85. The zero-order valence-corrected chi connectivity index (χ0v) is 13.8. The number of benzene rings is 3. The van der Waals surface area contributed by atoms with Gasteiger partial charge in [-0.15, -0.1) is 0 Å². The predicted octanol–water partition coefficient (Wildman–Crippen LogP) is 6.25. The second-order valence-electron chi connectivity index (χ2n) is 6.18. The molecule has 0 aliphatic rings. The molecule has 0 spiro atoms. The van der Waals surface area contributed by atoms with Gasteiger partial charge in [-0.1, -0.05) is 71.8 Å². The van der Waals surface area contributed by atoms with Crippen molar-refractivity contribution in [1.29, 1.82) is 0 Å². The lowest BCUT2D eigenvalue weighted by atomic mass is 9.89. The second-order valence-corrected chi connectivity index (χ2v) is 6.18. The summed E-state index contributed by atoms with van der Waals surface area (Å²) in [7, 11) is 0. The van der Waals surface area contributed by atoms with Crippen molar-refractivity contribution in [2.24, 2.45) is 0 Å². The normalized spacial score (nSPS) is 10.7. The van der Waals surface area contributed by atoms with Crippen molar-refractivity contribution in [2.75, 3.05) is 0 Å². The summed E-state index contributed by atoms with van der Waals surface area (Å²) in [5, 5.41) is 0. The number of aryl methyl sites for hydroxylation is 4. The minimum Gasteiger partial charge on any atom is -0.0616 e. The van der Waals surface area contributed by atoms with E-state index in [9.17, 15) is 0 Å². The minimum absolute atomic E-state index is 1.31. The highest BCUT2D eigenvalue weighted by Crippen LogP contribution is 2.35. The van der Waals surface area contributed by atoms with Gasteiger partial charge < -0.3 is 0 Å². The Morgan fingerprint density at radius 1 is 0.455 bits per heavy atom. The van der Waals surface area contributed by atoms with E-state index in [1.807, 2.05) is 0 Å². The molecule has 0 heterocycles. The van der Waals surface area contributed by atoms with Crippen molar-refractivity contribution in [3.63, 3.8) is 0 Å². The van der Waals surface area contributed by atoms with Gasteiger partial charge >= 0.3 is 0 Å². The van der Waals surface area contributed by atoms with Crippen molar-refractivity contribution >= 4 is 0 Å². The minimum atomic E-state index is 1.31. The Hall–Kier alpha value is -2.34. The van der Waals surface area contributed by atoms with Crippen LogP contribution in [-0.2, 0) is 0 Å². The van der Waals surface area contributed by atoms with Crippen LogP contribution in [0.5, 0.6) is 0 Å². The molecule has 3 aromatic carbocycles. The fraction of sp³-hybridized carbons (Fsp3) is 0.182. The van der Waals surface area contributed by atoms with Crippen molar-refractivity contribution in [2.45, 2.75) is 27.7 Å². The summed E-state index contributed by atoms with van der Waals surface area (Å²) in [6.45, 7) is 8.68. The molecular weight excluding hydrogens is 264 g/mol. The van der Waals surface area contributed by atoms with Gasteiger partial charge in [-0.3, -0.25) is 0 Å². The zero-order chi connectivity index (χ0) is 15.7. The molecule has 0 nitrogen and oxygen atoms in total. The average molecular weight is 286 g/mol. The van der Waals surface area contributed by atoms with Gasteiger partial charge in [-0.2, -0.15) is 0 Å². The van der Waals surface area contributed by atoms with E-state index >= 15 is 0 Å². The lowest BCUT2D eigenvalue weighted by Crippen LogP contribution is -1.91. The molecule has 0 saturated heterocycles. The largest absolute Gasteiger partial charge is 0.0616 e. The van der Waals surface area contributed by atoms with E-state index in [-0.39, 0.29) is 0 Å². The number of rotatable bonds is 2. The molecule has 110 valence electrons. The third kappa shape index (κ3) is 2.69. The van der Waals surface area contributed by atoms with Crippen molar-refractivity contribution in [3.05, 3.63) is 82.9 Å². The van der Waals surface area contributed by atoms with Gasteiger partial charge in [0.15, 0.2) is 0 Å². The maximum Gasteiger partial charge on any atom is -0.0103 e. The lowest BCUT2D eigenvalue weighted by molar-refractivity contribution is 1.37. The van der Waals surface area contributed by atoms with Crippen LogP contribution in [0.3, 0.4) is 0 Å². The molecule has 3 rings (SSSR count). The van der Waals surface area contributed by atoms with Crippen molar-refractivity contribution in [1.82, 2.24) is 0 Å². The molecule has 3 aromatic rings. The van der Waals surface area contributed by atoms with Gasteiger partial charge in [0.2, 0.25) is 0 Å². The first-order valence-corrected chi connectivity index (χ1v) is 7.80. The Morgan fingerprint density at radius 3 is 1.23 bits per heavy atom. The molecule has 0 bridgehead atoms. The van der Waals surface area contributed by atoms with Crippen molar-refractivity contribution in [3.8, 4) is 22.3 Å². The van der Waals surface area contributed by atoms with Gasteiger partial charge in [-0.05, 0) is 61.1 Å². The maximum absolute atomic E-state index is 2.26. The maximum atomic E-state index is 2.26. The van der Waals surface area contributed by atoms with Gasteiger partial charge in [0.1, 0.15) is 0 Å². The number of hydrogen-bond donors (Lipinski definition) is 0. The Bertz CT molecular complexity index is 755. The summed E-state index contributed by atoms with van der Waals surface area (Å²) in [5.74, 6) is 0. The van der Waals surface area contributed by atoms with Gasteiger partial charge in [0.25, 0.3) is 0 Å². The predicted molar refractivity (Wildman–Crippen MR) is 96.3 cm³/mol. The fourth-order valence-corrected chi connectivity index (χ4v) is 3.18. The van der Waals surface area contributed by atoms with E-state index in [4.69, 9.17) is 0 Å². The van der Waals surface area contributed by atoms with Crippen LogP contribution in [0.15, 0.2) is 60.7 Å². The SMILES string of the molecule is Cc1ccc(-c2ccccc2-c2ccc(C)cc2C)c(C)c1. The Labute approximate surface area is 133 Å². The van der Waals surface area contributed by atoms with E-state index in [1.165, 1.54) is 44.5 Å². The highest BCUT2D eigenvalue weighted by molar-refractivity contribution is 5.86. The van der Waals surface area contributed by atoms with Crippen LogP contribution >= 0.6 is 0 Å². The summed E-state index contributed by atoms with van der Waals surface area (Å²) < 4.78 is 0. The fourth-order valence-electron chi connectivity index (χ4n) is 3.18. The molecular formula is C22H22. The first-order valence-electron chi connectivity index (χ1n) is 7.80. The van der Waals surface area contributed by atoms with E-state index in [0.717, 1.165) is 0 Å². The third-order valence-corrected chi connectivity index (χ3v) is 4.27. The van der Waals surface area contributed by atoms with Crippen LogP contribution in [0.1, 0.15) is 22.3 Å². The molecule has 0 aliphatic carbocycles. The summed E-state index contributed by atoms with van der Waals surface area (Å²) in [5.41, 5.74) is 10.5. The molecule has 0 amide bonds. The first-order chi connectivity index (χ1) is 10.6. The summed E-state index contributed by atoms with van der Waals surface area (Å²) in [6.07, 6.45) is 0. The first kappa shape index (κ1) is 14.6. The molecule has 0 unspecified atom stereocenters. The van der Waals surface area contributed by atoms with E-state index in [0.29, 0.717) is 0 Å². The van der Waals surface area contributed by atoms with E-state index in [2.05, 4.69) is 88.4 Å². The zero-order valence-electron chi connectivity index (χ0n) is 13.8. The van der Waals surface area contributed by atoms with Crippen LogP contribution in [0.2, 0.25) is 0 Å². The molecule has 0 saturated carbocycles. The topological polar surface area (TPSA) is 0 Å². The Balaban J connectivity index is 2.22. The summed E-state index contributed by atoms with van der Waals surface area (Å²) >= 11 is 0. The monoisotopic (exact) mass is 286 g/mol. The smallest absolute Gasteiger partial charge is 0.0103 e. The molecule has 0 N–H and O–H groups in total. The van der Waals surface area contributed by atoms with Crippen LogP contribution < -0.4 is 0 Å².